The zero-order chi connectivity index (χ0) is 10.8. The zero-order valence-electron chi connectivity index (χ0n) is 8.32. The van der Waals surface area contributed by atoms with E-state index >= 15 is 0 Å². The van der Waals surface area contributed by atoms with Gasteiger partial charge in [-0.3, -0.25) is 0 Å². The van der Waals surface area contributed by atoms with E-state index in [1.54, 1.807) is 6.92 Å². The van der Waals surface area contributed by atoms with Crippen molar-refractivity contribution in [3.63, 3.8) is 0 Å². The van der Waals surface area contributed by atoms with Crippen LogP contribution in [0.1, 0.15) is 26.5 Å². The van der Waals surface area contributed by atoms with Crippen LogP contribution in [-0.4, -0.2) is 35.8 Å². The van der Waals surface area contributed by atoms with Crippen molar-refractivity contribution in [2.75, 3.05) is 19.7 Å². The lowest BCUT2D eigenvalue weighted by molar-refractivity contribution is 0.0274. The Morgan fingerprint density at radius 2 is 2.53 bits per heavy atom. The SMILES string of the molecule is Cc1sc(C2CNCCO2)nc1C(=O)O. The first kappa shape index (κ1) is 10.5. The van der Waals surface area contributed by atoms with Crippen molar-refractivity contribution in [2.24, 2.45) is 0 Å². The Bertz CT molecular complexity index is 371. The summed E-state index contributed by atoms with van der Waals surface area (Å²) in [5.41, 5.74) is 0.143. The van der Waals surface area contributed by atoms with Gasteiger partial charge in [0.15, 0.2) is 5.69 Å². The van der Waals surface area contributed by atoms with E-state index in [-0.39, 0.29) is 11.8 Å². The van der Waals surface area contributed by atoms with E-state index in [4.69, 9.17) is 9.84 Å². The van der Waals surface area contributed by atoms with Crippen molar-refractivity contribution in [3.8, 4) is 0 Å². The summed E-state index contributed by atoms with van der Waals surface area (Å²) in [7, 11) is 0. The van der Waals surface area contributed by atoms with Gasteiger partial charge in [-0.15, -0.1) is 11.3 Å². The predicted octanol–water partition coefficient (Wildman–Crippen LogP) is 0.811. The molecule has 1 aliphatic heterocycles. The van der Waals surface area contributed by atoms with Gasteiger partial charge in [0, 0.05) is 18.0 Å². The highest BCUT2D eigenvalue weighted by atomic mass is 32.1. The molecule has 0 aromatic carbocycles. The number of nitrogens with one attached hydrogen (secondary N) is 1. The van der Waals surface area contributed by atoms with Gasteiger partial charge < -0.3 is 15.2 Å². The summed E-state index contributed by atoms with van der Waals surface area (Å²) in [4.78, 5) is 15.6. The average molecular weight is 228 g/mol. The van der Waals surface area contributed by atoms with Gasteiger partial charge in [0.05, 0.1) is 6.61 Å². The molecule has 0 aliphatic carbocycles. The van der Waals surface area contributed by atoms with Gasteiger partial charge in [0.1, 0.15) is 11.1 Å². The second-order valence-electron chi connectivity index (χ2n) is 3.33. The smallest absolute Gasteiger partial charge is 0.355 e. The topological polar surface area (TPSA) is 71.5 Å². The van der Waals surface area contributed by atoms with Crippen molar-refractivity contribution in [1.82, 2.24) is 10.3 Å². The van der Waals surface area contributed by atoms with Crippen LogP contribution in [-0.2, 0) is 4.74 Å². The van der Waals surface area contributed by atoms with E-state index < -0.39 is 5.97 Å². The summed E-state index contributed by atoms with van der Waals surface area (Å²) >= 11 is 1.39. The van der Waals surface area contributed by atoms with Crippen molar-refractivity contribution in [1.29, 1.82) is 0 Å². The van der Waals surface area contributed by atoms with Crippen LogP contribution in [0, 0.1) is 6.92 Å². The fraction of sp³-hybridized carbons (Fsp3) is 0.556. The summed E-state index contributed by atoms with van der Waals surface area (Å²) in [5.74, 6) is -0.973. The molecule has 82 valence electrons. The molecule has 2 heterocycles. The minimum absolute atomic E-state index is 0.101. The molecule has 0 amide bonds. The maximum Gasteiger partial charge on any atom is 0.355 e. The van der Waals surface area contributed by atoms with Gasteiger partial charge in [-0.25, -0.2) is 9.78 Å². The van der Waals surface area contributed by atoms with E-state index in [0.29, 0.717) is 13.2 Å². The number of carbonyl (C=O) groups is 1. The molecule has 0 saturated carbocycles. The molecular weight excluding hydrogens is 216 g/mol. The first-order valence-corrected chi connectivity index (χ1v) is 5.53. The maximum absolute atomic E-state index is 10.8. The molecule has 1 aromatic rings. The van der Waals surface area contributed by atoms with Crippen LogP contribution < -0.4 is 5.32 Å². The molecule has 1 atom stereocenters. The van der Waals surface area contributed by atoms with Gasteiger partial charge in [0.2, 0.25) is 0 Å². The monoisotopic (exact) mass is 228 g/mol. The van der Waals surface area contributed by atoms with Crippen LogP contribution in [0.5, 0.6) is 0 Å². The normalized spacial score (nSPS) is 21.5. The highest BCUT2D eigenvalue weighted by molar-refractivity contribution is 7.11. The van der Waals surface area contributed by atoms with Crippen LogP contribution in [0.2, 0.25) is 0 Å². The van der Waals surface area contributed by atoms with Gasteiger partial charge in [-0.2, -0.15) is 0 Å². The van der Waals surface area contributed by atoms with Gasteiger partial charge in [0.25, 0.3) is 0 Å². The predicted molar refractivity (Wildman–Crippen MR) is 55.4 cm³/mol. The number of nitrogens with zero attached hydrogens (tertiary/aromatic N) is 1. The molecule has 6 heteroatoms. The molecule has 1 saturated heterocycles. The van der Waals surface area contributed by atoms with Crippen molar-refractivity contribution < 1.29 is 14.6 Å². The fourth-order valence-electron chi connectivity index (χ4n) is 1.48. The second-order valence-corrected chi connectivity index (χ2v) is 4.56. The average Bonchev–Trinajstić information content (AvgIpc) is 2.62. The molecule has 1 aromatic heterocycles. The Balaban J connectivity index is 2.21. The molecular formula is C9H12N2O3S. The highest BCUT2D eigenvalue weighted by Gasteiger charge is 2.22. The number of hydrogen-bond donors (Lipinski definition) is 2. The summed E-state index contributed by atoms with van der Waals surface area (Å²) in [6.45, 7) is 3.95. The third kappa shape index (κ3) is 2.17. The largest absolute Gasteiger partial charge is 0.476 e. The summed E-state index contributed by atoms with van der Waals surface area (Å²) in [6, 6.07) is 0. The van der Waals surface area contributed by atoms with Gasteiger partial charge >= 0.3 is 5.97 Å². The van der Waals surface area contributed by atoms with Gasteiger partial charge in [-0.1, -0.05) is 0 Å². The van der Waals surface area contributed by atoms with E-state index in [9.17, 15) is 4.79 Å². The fourth-order valence-corrected chi connectivity index (χ4v) is 2.44. The third-order valence-corrected chi connectivity index (χ3v) is 3.28. The van der Waals surface area contributed by atoms with E-state index in [1.165, 1.54) is 11.3 Å². The number of rotatable bonds is 2. The first-order chi connectivity index (χ1) is 7.18. The van der Waals surface area contributed by atoms with E-state index in [0.717, 1.165) is 16.4 Å². The number of aryl methyl sites for hydroxylation is 1. The summed E-state index contributed by atoms with van der Waals surface area (Å²) in [5, 5.41) is 12.8. The van der Waals surface area contributed by atoms with Crippen molar-refractivity contribution in [2.45, 2.75) is 13.0 Å². The Hall–Kier alpha value is -0.980. The number of carboxylic acids is 1. The number of morpholine rings is 1. The number of carboxylic acid groups (broad SMARTS) is 1. The molecule has 0 spiro atoms. The number of aromatic nitrogens is 1. The molecule has 0 bridgehead atoms. The maximum atomic E-state index is 10.8. The van der Waals surface area contributed by atoms with Crippen LogP contribution in [0.15, 0.2) is 0 Å². The Kier molecular flexibility index (Phi) is 2.99. The van der Waals surface area contributed by atoms with Crippen LogP contribution in [0.25, 0.3) is 0 Å². The minimum atomic E-state index is -0.973. The molecule has 2 N–H and O–H groups in total. The second kappa shape index (κ2) is 4.26. The van der Waals surface area contributed by atoms with Gasteiger partial charge in [-0.05, 0) is 6.92 Å². The molecule has 0 radical (unpaired) electrons. The highest BCUT2D eigenvalue weighted by Crippen LogP contribution is 2.26. The quantitative estimate of drug-likeness (QED) is 0.783. The standard InChI is InChI=1S/C9H12N2O3S/c1-5-7(9(12)13)11-8(15-5)6-4-10-2-3-14-6/h6,10H,2-4H2,1H3,(H,12,13). The third-order valence-electron chi connectivity index (χ3n) is 2.22. The van der Waals surface area contributed by atoms with Crippen LogP contribution >= 0.6 is 11.3 Å². The van der Waals surface area contributed by atoms with Crippen molar-refractivity contribution in [3.05, 3.63) is 15.6 Å². The number of aromatic carboxylic acids is 1. The molecule has 15 heavy (non-hydrogen) atoms. The Morgan fingerprint density at radius 1 is 1.73 bits per heavy atom. The molecule has 2 rings (SSSR count). The number of ether oxygens (including phenoxy) is 1. The molecule has 1 aliphatic rings. The molecule has 5 nitrogen and oxygen atoms in total. The summed E-state index contributed by atoms with van der Waals surface area (Å²) < 4.78 is 5.50. The lowest BCUT2D eigenvalue weighted by Crippen LogP contribution is -2.33. The van der Waals surface area contributed by atoms with Crippen LogP contribution in [0.4, 0.5) is 0 Å². The van der Waals surface area contributed by atoms with Crippen molar-refractivity contribution >= 4 is 17.3 Å². The minimum Gasteiger partial charge on any atom is -0.476 e. The number of thiazole rings is 1. The lowest BCUT2D eigenvalue weighted by Gasteiger charge is -2.21. The van der Waals surface area contributed by atoms with Crippen LogP contribution in [0.3, 0.4) is 0 Å². The first-order valence-electron chi connectivity index (χ1n) is 4.71. The zero-order valence-corrected chi connectivity index (χ0v) is 9.13. The Morgan fingerprint density at radius 3 is 3.07 bits per heavy atom. The lowest BCUT2D eigenvalue weighted by atomic mass is 10.3. The van der Waals surface area contributed by atoms with E-state index in [2.05, 4.69) is 10.3 Å². The number of hydrogen-bond acceptors (Lipinski definition) is 5. The Labute approximate surface area is 91.1 Å². The van der Waals surface area contributed by atoms with E-state index in [1.807, 2.05) is 0 Å². The molecule has 1 unspecified atom stereocenters. The summed E-state index contributed by atoms with van der Waals surface area (Å²) in [6.07, 6.45) is -0.101. The molecule has 1 fully saturated rings.